The lowest BCUT2D eigenvalue weighted by atomic mass is 10.3. The standard InChI is InChI=1S/C7H17N2O2PS/c1-4-7(10)9-12(8,11)13-5-6(2)3/h6H,4-5H2,1-3H3,(H3,8,9,10,11). The minimum Gasteiger partial charge on any atom is -0.287 e. The van der Waals surface area contributed by atoms with Crippen LogP contribution in [0.3, 0.4) is 0 Å². The van der Waals surface area contributed by atoms with Crippen LogP contribution in [0.2, 0.25) is 0 Å². The Morgan fingerprint density at radius 1 is 1.62 bits per heavy atom. The highest BCUT2D eigenvalue weighted by Gasteiger charge is 2.19. The molecule has 0 spiro atoms. The predicted molar refractivity (Wildman–Crippen MR) is 57.5 cm³/mol. The van der Waals surface area contributed by atoms with Gasteiger partial charge in [-0.3, -0.25) is 20.0 Å². The van der Waals surface area contributed by atoms with E-state index in [0.29, 0.717) is 18.1 Å². The summed E-state index contributed by atoms with van der Waals surface area (Å²) in [5.74, 6) is 0.847. The summed E-state index contributed by atoms with van der Waals surface area (Å²) < 4.78 is 11.5. The molecule has 6 heteroatoms. The molecule has 4 nitrogen and oxygen atoms in total. The Balaban J connectivity index is 3.94. The summed E-state index contributed by atoms with van der Waals surface area (Å²) in [5.41, 5.74) is 5.43. The van der Waals surface area contributed by atoms with Crippen LogP contribution < -0.4 is 10.6 Å². The van der Waals surface area contributed by atoms with Gasteiger partial charge in [-0.15, -0.1) is 0 Å². The van der Waals surface area contributed by atoms with Gasteiger partial charge in [0.2, 0.25) is 5.91 Å². The van der Waals surface area contributed by atoms with E-state index < -0.39 is 6.65 Å². The second kappa shape index (κ2) is 5.68. The molecule has 0 fully saturated rings. The molecule has 0 aromatic carbocycles. The Kier molecular flexibility index (Phi) is 5.68. The van der Waals surface area contributed by atoms with Crippen LogP contribution in [0.15, 0.2) is 0 Å². The number of nitrogens with one attached hydrogen (secondary N) is 1. The summed E-state index contributed by atoms with van der Waals surface area (Å²) in [6.07, 6.45) is 0.309. The van der Waals surface area contributed by atoms with Crippen LogP contribution >= 0.6 is 18.0 Å². The molecular formula is C7H17N2O2PS. The van der Waals surface area contributed by atoms with Gasteiger partial charge in [-0.2, -0.15) is 0 Å². The van der Waals surface area contributed by atoms with Gasteiger partial charge in [0.25, 0.3) is 6.65 Å². The van der Waals surface area contributed by atoms with Crippen LogP contribution in [0.5, 0.6) is 0 Å². The summed E-state index contributed by atoms with van der Waals surface area (Å²) >= 11 is 1.13. The number of carbonyl (C=O) groups is 1. The molecule has 0 aliphatic rings. The molecule has 0 saturated heterocycles. The van der Waals surface area contributed by atoms with Gasteiger partial charge < -0.3 is 0 Å². The second-order valence-electron chi connectivity index (χ2n) is 3.18. The van der Waals surface area contributed by atoms with Crippen molar-refractivity contribution in [2.45, 2.75) is 27.2 Å². The van der Waals surface area contributed by atoms with Crippen molar-refractivity contribution in [3.63, 3.8) is 0 Å². The number of nitrogens with two attached hydrogens (primary N) is 1. The normalized spacial score (nSPS) is 15.5. The average molecular weight is 224 g/mol. The smallest absolute Gasteiger partial charge is 0.287 e. The van der Waals surface area contributed by atoms with E-state index in [1.54, 1.807) is 6.92 Å². The fourth-order valence-electron chi connectivity index (χ4n) is 0.545. The highest BCUT2D eigenvalue weighted by atomic mass is 32.7. The van der Waals surface area contributed by atoms with Gasteiger partial charge in [0.1, 0.15) is 0 Å². The zero-order chi connectivity index (χ0) is 10.5. The summed E-state index contributed by atoms with van der Waals surface area (Å²) in [4.78, 5) is 10.9. The summed E-state index contributed by atoms with van der Waals surface area (Å²) in [5, 5.41) is 2.32. The third-order valence-corrected chi connectivity index (χ3v) is 4.83. The zero-order valence-electron chi connectivity index (χ0n) is 8.24. The van der Waals surface area contributed by atoms with Gasteiger partial charge in [-0.05, 0) is 5.92 Å². The Hall–Kier alpha value is 0.01000. The van der Waals surface area contributed by atoms with Gasteiger partial charge in [0, 0.05) is 12.2 Å². The van der Waals surface area contributed by atoms with Crippen molar-refractivity contribution in [2.75, 3.05) is 5.75 Å². The fraction of sp³-hybridized carbons (Fsp3) is 0.857. The summed E-state index contributed by atoms with van der Waals surface area (Å²) in [6, 6.07) is 0. The van der Waals surface area contributed by atoms with E-state index in [-0.39, 0.29) is 5.91 Å². The van der Waals surface area contributed by atoms with E-state index in [4.69, 9.17) is 5.50 Å². The topological polar surface area (TPSA) is 72.2 Å². The highest BCUT2D eigenvalue weighted by molar-refractivity contribution is 8.56. The number of amides is 1. The molecule has 0 rings (SSSR count). The third kappa shape index (κ3) is 7.11. The van der Waals surface area contributed by atoms with E-state index in [1.807, 2.05) is 13.8 Å². The summed E-state index contributed by atoms with van der Waals surface area (Å²) in [7, 11) is 0. The number of hydrogen-bond acceptors (Lipinski definition) is 3. The van der Waals surface area contributed by atoms with Crippen molar-refractivity contribution in [2.24, 2.45) is 11.4 Å². The molecule has 13 heavy (non-hydrogen) atoms. The molecule has 1 atom stereocenters. The molecule has 0 saturated carbocycles. The molecule has 0 heterocycles. The van der Waals surface area contributed by atoms with E-state index in [1.165, 1.54) is 0 Å². The molecule has 3 N–H and O–H groups in total. The largest absolute Gasteiger partial charge is 0.289 e. The second-order valence-corrected chi connectivity index (χ2v) is 7.59. The fourth-order valence-corrected chi connectivity index (χ4v) is 3.69. The SMILES string of the molecule is CCC(=O)NP(N)(=O)SCC(C)C. The van der Waals surface area contributed by atoms with Crippen LogP contribution in [0.25, 0.3) is 0 Å². The monoisotopic (exact) mass is 224 g/mol. The zero-order valence-corrected chi connectivity index (χ0v) is 9.95. The lowest BCUT2D eigenvalue weighted by Crippen LogP contribution is -2.21. The van der Waals surface area contributed by atoms with Crippen molar-refractivity contribution >= 4 is 23.9 Å². The Morgan fingerprint density at radius 2 is 2.15 bits per heavy atom. The quantitative estimate of drug-likeness (QED) is 0.700. The van der Waals surface area contributed by atoms with Crippen molar-refractivity contribution in [1.82, 2.24) is 5.09 Å². The molecule has 0 aromatic rings. The lowest BCUT2D eigenvalue weighted by molar-refractivity contribution is -0.119. The molecule has 0 aliphatic heterocycles. The first-order valence-corrected chi connectivity index (χ1v) is 7.58. The van der Waals surface area contributed by atoms with Gasteiger partial charge in [-0.1, -0.05) is 32.2 Å². The van der Waals surface area contributed by atoms with Crippen LogP contribution in [0.4, 0.5) is 0 Å². The Bertz CT molecular complexity index is 221. The van der Waals surface area contributed by atoms with E-state index >= 15 is 0 Å². The van der Waals surface area contributed by atoms with Crippen molar-refractivity contribution in [3.05, 3.63) is 0 Å². The number of rotatable bonds is 5. The van der Waals surface area contributed by atoms with Crippen LogP contribution in [0.1, 0.15) is 27.2 Å². The van der Waals surface area contributed by atoms with E-state index in [2.05, 4.69) is 5.09 Å². The molecule has 0 aliphatic carbocycles. The van der Waals surface area contributed by atoms with Crippen LogP contribution in [-0.4, -0.2) is 11.7 Å². The van der Waals surface area contributed by atoms with Gasteiger partial charge in [-0.25, -0.2) is 0 Å². The Morgan fingerprint density at radius 3 is 2.54 bits per heavy atom. The van der Waals surface area contributed by atoms with Crippen LogP contribution in [0, 0.1) is 5.92 Å². The third-order valence-electron chi connectivity index (χ3n) is 1.20. The lowest BCUT2D eigenvalue weighted by Gasteiger charge is -2.13. The maximum absolute atomic E-state index is 11.5. The van der Waals surface area contributed by atoms with Gasteiger partial charge in [0.15, 0.2) is 0 Å². The maximum Gasteiger partial charge on any atom is 0.289 e. The minimum atomic E-state index is -3.00. The molecule has 78 valence electrons. The molecular weight excluding hydrogens is 207 g/mol. The summed E-state index contributed by atoms with van der Waals surface area (Å²) in [6.45, 7) is 2.71. The number of carbonyl (C=O) groups excluding carboxylic acids is 1. The average Bonchev–Trinajstić information content (AvgIpc) is 2.00. The minimum absolute atomic E-state index is 0.262. The van der Waals surface area contributed by atoms with Gasteiger partial charge >= 0.3 is 0 Å². The first-order valence-electron chi connectivity index (χ1n) is 4.21. The highest BCUT2D eigenvalue weighted by Crippen LogP contribution is 2.47. The maximum atomic E-state index is 11.5. The van der Waals surface area contributed by atoms with Crippen molar-refractivity contribution in [1.29, 1.82) is 0 Å². The Labute approximate surface area is 83.3 Å². The predicted octanol–water partition coefficient (Wildman–Crippen LogP) is 1.97. The van der Waals surface area contributed by atoms with E-state index in [9.17, 15) is 9.36 Å². The molecule has 1 unspecified atom stereocenters. The number of hydrogen-bond donors (Lipinski definition) is 2. The molecule has 1 amide bonds. The molecule has 0 aromatic heterocycles. The van der Waals surface area contributed by atoms with Crippen molar-refractivity contribution in [3.8, 4) is 0 Å². The van der Waals surface area contributed by atoms with Crippen LogP contribution in [-0.2, 0) is 9.36 Å². The first kappa shape index (κ1) is 13.0. The molecule has 0 bridgehead atoms. The van der Waals surface area contributed by atoms with Gasteiger partial charge in [0.05, 0.1) is 0 Å². The van der Waals surface area contributed by atoms with Crippen molar-refractivity contribution < 1.29 is 9.36 Å². The van der Waals surface area contributed by atoms with E-state index in [0.717, 1.165) is 11.4 Å². The molecule has 0 radical (unpaired) electrons. The first-order chi connectivity index (χ1) is 5.87.